The van der Waals surface area contributed by atoms with Crippen LogP contribution in [0.3, 0.4) is 0 Å². The molecule has 1 aliphatic rings. The van der Waals surface area contributed by atoms with Gasteiger partial charge in [-0.25, -0.2) is 13.2 Å². The third-order valence-corrected chi connectivity index (χ3v) is 6.88. The molecule has 196 valence electrons. The molecule has 0 amide bonds. The van der Waals surface area contributed by atoms with Crippen molar-refractivity contribution >= 4 is 0 Å². The van der Waals surface area contributed by atoms with E-state index in [9.17, 15) is 8.78 Å². The highest BCUT2D eigenvalue weighted by atomic mass is 19.2. The summed E-state index contributed by atoms with van der Waals surface area (Å²) in [4.78, 5) is 0. The van der Waals surface area contributed by atoms with Crippen molar-refractivity contribution in [2.45, 2.75) is 64.6 Å². The zero-order valence-corrected chi connectivity index (χ0v) is 21.6. The van der Waals surface area contributed by atoms with Gasteiger partial charge in [0.2, 0.25) is 0 Å². The fourth-order valence-corrected chi connectivity index (χ4v) is 4.66. The predicted molar refractivity (Wildman–Crippen MR) is 143 cm³/mol. The molecule has 0 atom stereocenters. The van der Waals surface area contributed by atoms with Crippen LogP contribution in [-0.4, -0.2) is 19.5 Å². The second-order valence-electron chi connectivity index (χ2n) is 9.59. The molecule has 1 fully saturated rings. The third kappa shape index (κ3) is 6.71. The van der Waals surface area contributed by atoms with E-state index in [1.165, 1.54) is 0 Å². The summed E-state index contributed by atoms with van der Waals surface area (Å²) < 4.78 is 56.1. The highest BCUT2D eigenvalue weighted by molar-refractivity contribution is 5.71. The standard InChI is InChI=1S/C32H35F3O2/c1-3-5-7-9-24-15-18-28(32(35)31(24)34)23-13-11-22(12-14-23)27-17-16-25(19-29(27)33)26-20-36-30(37-21-26)10-8-6-4-2/h5,7,11-19,26,30H,3-4,6,8-10,20-21H2,1-2H3/b7-5-. The van der Waals surface area contributed by atoms with E-state index in [-0.39, 0.29) is 23.6 Å². The molecule has 0 bridgehead atoms. The Bertz CT molecular complexity index is 1200. The molecule has 1 saturated heterocycles. The van der Waals surface area contributed by atoms with Crippen LogP contribution in [0.1, 0.15) is 63.0 Å². The predicted octanol–water partition coefficient (Wildman–Crippen LogP) is 8.98. The molecule has 37 heavy (non-hydrogen) atoms. The van der Waals surface area contributed by atoms with E-state index in [1.54, 1.807) is 48.5 Å². The summed E-state index contributed by atoms with van der Waals surface area (Å²) in [5, 5.41) is 0. The van der Waals surface area contributed by atoms with Crippen LogP contribution in [0.2, 0.25) is 0 Å². The first-order valence-electron chi connectivity index (χ1n) is 13.3. The lowest BCUT2D eigenvalue weighted by molar-refractivity contribution is -0.190. The fraction of sp³-hybridized carbons (Fsp3) is 0.375. The summed E-state index contributed by atoms with van der Waals surface area (Å²) in [6, 6.07) is 15.3. The number of unbranched alkanes of at least 4 members (excludes halogenated alkanes) is 2. The average molecular weight is 509 g/mol. The van der Waals surface area contributed by atoms with E-state index in [2.05, 4.69) is 6.92 Å². The number of ether oxygens (including phenoxy) is 2. The summed E-state index contributed by atoms with van der Waals surface area (Å²) in [5.74, 6) is -2.04. The van der Waals surface area contributed by atoms with Gasteiger partial charge >= 0.3 is 0 Å². The number of benzene rings is 3. The Morgan fingerprint density at radius 3 is 2.11 bits per heavy atom. The number of hydrogen-bond acceptors (Lipinski definition) is 2. The highest BCUT2D eigenvalue weighted by Crippen LogP contribution is 2.32. The van der Waals surface area contributed by atoms with Crippen molar-refractivity contribution in [3.63, 3.8) is 0 Å². The lowest BCUT2D eigenvalue weighted by Gasteiger charge is -2.30. The van der Waals surface area contributed by atoms with Gasteiger partial charge in [-0.3, -0.25) is 0 Å². The van der Waals surface area contributed by atoms with Crippen LogP contribution in [0.5, 0.6) is 0 Å². The molecule has 3 aromatic rings. The molecule has 0 aliphatic carbocycles. The van der Waals surface area contributed by atoms with Crippen molar-refractivity contribution in [3.8, 4) is 22.3 Å². The molecule has 0 N–H and O–H groups in total. The molecule has 0 saturated carbocycles. The van der Waals surface area contributed by atoms with E-state index in [0.717, 1.165) is 37.7 Å². The molecule has 0 radical (unpaired) electrons. The average Bonchev–Trinajstić information content (AvgIpc) is 2.92. The monoisotopic (exact) mass is 508 g/mol. The second kappa shape index (κ2) is 13.1. The van der Waals surface area contributed by atoms with E-state index in [0.29, 0.717) is 41.9 Å². The van der Waals surface area contributed by atoms with Gasteiger partial charge in [0.05, 0.1) is 13.2 Å². The van der Waals surface area contributed by atoms with Crippen LogP contribution in [0, 0.1) is 17.5 Å². The molecule has 0 spiro atoms. The smallest absolute Gasteiger partial charge is 0.166 e. The van der Waals surface area contributed by atoms with Crippen molar-refractivity contribution in [2.75, 3.05) is 13.2 Å². The Labute approximate surface area is 218 Å². The van der Waals surface area contributed by atoms with Crippen molar-refractivity contribution in [1.82, 2.24) is 0 Å². The summed E-state index contributed by atoms with van der Waals surface area (Å²) in [6.07, 6.45) is 9.09. The minimum atomic E-state index is -0.866. The van der Waals surface area contributed by atoms with Gasteiger partial charge < -0.3 is 9.47 Å². The Balaban J connectivity index is 1.44. The van der Waals surface area contributed by atoms with Gasteiger partial charge in [-0.2, -0.15) is 0 Å². The molecule has 0 aromatic heterocycles. The zero-order chi connectivity index (χ0) is 26.2. The Morgan fingerprint density at radius 1 is 0.784 bits per heavy atom. The molecule has 1 heterocycles. The Kier molecular flexibility index (Phi) is 9.59. The van der Waals surface area contributed by atoms with Crippen molar-refractivity contribution in [1.29, 1.82) is 0 Å². The van der Waals surface area contributed by atoms with Gasteiger partial charge in [0, 0.05) is 17.0 Å². The summed E-state index contributed by atoms with van der Waals surface area (Å²) in [7, 11) is 0. The lowest BCUT2D eigenvalue weighted by Crippen LogP contribution is -2.30. The molecular weight excluding hydrogens is 473 g/mol. The minimum absolute atomic E-state index is 0.00772. The summed E-state index contributed by atoms with van der Waals surface area (Å²) >= 11 is 0. The van der Waals surface area contributed by atoms with Crippen LogP contribution in [-0.2, 0) is 15.9 Å². The Hall–Kier alpha value is -2.89. The minimum Gasteiger partial charge on any atom is -0.352 e. The molecule has 4 rings (SSSR count). The lowest BCUT2D eigenvalue weighted by atomic mass is 9.95. The normalized spacial score (nSPS) is 18.0. The van der Waals surface area contributed by atoms with Crippen LogP contribution < -0.4 is 0 Å². The van der Waals surface area contributed by atoms with Gasteiger partial charge in [-0.1, -0.05) is 87.4 Å². The van der Waals surface area contributed by atoms with Crippen LogP contribution >= 0.6 is 0 Å². The van der Waals surface area contributed by atoms with Crippen LogP contribution in [0.15, 0.2) is 66.7 Å². The first-order chi connectivity index (χ1) is 18.0. The third-order valence-electron chi connectivity index (χ3n) is 6.88. The van der Waals surface area contributed by atoms with E-state index in [4.69, 9.17) is 9.47 Å². The van der Waals surface area contributed by atoms with Gasteiger partial charge in [0.25, 0.3) is 0 Å². The van der Waals surface area contributed by atoms with E-state index in [1.807, 2.05) is 25.1 Å². The topological polar surface area (TPSA) is 18.5 Å². The van der Waals surface area contributed by atoms with E-state index < -0.39 is 11.6 Å². The SMILES string of the molecule is CC/C=C\Cc1ccc(-c2ccc(-c3ccc(C4COC(CCCCC)OC4)cc3F)cc2)c(F)c1F. The second-order valence-corrected chi connectivity index (χ2v) is 9.59. The van der Waals surface area contributed by atoms with Crippen molar-refractivity contribution in [3.05, 3.63) is 95.3 Å². The molecule has 2 nitrogen and oxygen atoms in total. The maximum atomic E-state index is 15.1. The maximum Gasteiger partial charge on any atom is 0.166 e. The molecular formula is C32H35F3O2. The number of allylic oxidation sites excluding steroid dienone is 2. The van der Waals surface area contributed by atoms with Crippen molar-refractivity contribution in [2.24, 2.45) is 0 Å². The molecule has 5 heteroatoms. The van der Waals surface area contributed by atoms with Crippen LogP contribution in [0.25, 0.3) is 22.3 Å². The largest absolute Gasteiger partial charge is 0.352 e. The first-order valence-corrected chi connectivity index (χ1v) is 13.3. The molecule has 3 aromatic carbocycles. The quantitative estimate of drug-likeness (QED) is 0.201. The van der Waals surface area contributed by atoms with Gasteiger partial charge in [-0.15, -0.1) is 0 Å². The number of halogens is 3. The Morgan fingerprint density at radius 2 is 1.46 bits per heavy atom. The van der Waals surface area contributed by atoms with Crippen LogP contribution in [0.4, 0.5) is 13.2 Å². The van der Waals surface area contributed by atoms with E-state index >= 15 is 4.39 Å². The number of rotatable bonds is 10. The number of hydrogen-bond donors (Lipinski definition) is 0. The van der Waals surface area contributed by atoms with Gasteiger partial charge in [0.15, 0.2) is 17.9 Å². The summed E-state index contributed by atoms with van der Waals surface area (Å²) in [5.41, 5.74) is 3.02. The van der Waals surface area contributed by atoms with Crippen molar-refractivity contribution < 1.29 is 22.6 Å². The van der Waals surface area contributed by atoms with Gasteiger partial charge in [-0.05, 0) is 54.0 Å². The molecule has 0 unspecified atom stereocenters. The van der Waals surface area contributed by atoms with Gasteiger partial charge in [0.1, 0.15) is 5.82 Å². The summed E-state index contributed by atoms with van der Waals surface area (Å²) in [6.45, 7) is 5.18. The zero-order valence-electron chi connectivity index (χ0n) is 21.6. The first kappa shape index (κ1) is 27.2. The highest BCUT2D eigenvalue weighted by Gasteiger charge is 2.24. The maximum absolute atomic E-state index is 15.1. The molecule has 1 aliphatic heterocycles. The fourth-order valence-electron chi connectivity index (χ4n) is 4.66.